The molecule has 6 nitrogen and oxygen atoms in total. The number of urea groups is 1. The second kappa shape index (κ2) is 9.87. The fourth-order valence-corrected chi connectivity index (χ4v) is 4.35. The number of carbonyl (C=O) groups excluding carboxylic acids is 1. The minimum Gasteiger partial charge on any atom is -0.315 e. The fourth-order valence-electron chi connectivity index (χ4n) is 4.00. The van der Waals surface area contributed by atoms with Gasteiger partial charge in [-0.15, -0.1) is 0 Å². The standard InChI is InChI=1S/C26H24Cl2N4O2/c1-4-31(26(34)30-21-14-9-12-19(27)23(21)28)17(3)24-29-20-13-7-6-11-18(20)25(33)32(24)22-15-8-5-10-16(22)2/h5-15,17H,4H2,1-3H3,(H,30,34). The quantitative estimate of drug-likeness (QED) is 0.339. The summed E-state index contributed by atoms with van der Waals surface area (Å²) in [6.07, 6.45) is 0. The van der Waals surface area contributed by atoms with Gasteiger partial charge in [0.05, 0.1) is 38.4 Å². The molecule has 4 aromatic rings. The first-order valence-corrected chi connectivity index (χ1v) is 11.7. The van der Waals surface area contributed by atoms with E-state index in [0.29, 0.717) is 34.0 Å². The van der Waals surface area contributed by atoms with Crippen LogP contribution in [0.4, 0.5) is 10.5 Å². The second-order valence-electron chi connectivity index (χ2n) is 7.91. The molecule has 0 saturated carbocycles. The third kappa shape index (κ3) is 4.39. The molecule has 0 aliphatic rings. The number of benzene rings is 3. The van der Waals surface area contributed by atoms with Gasteiger partial charge in [-0.1, -0.05) is 59.6 Å². The van der Waals surface area contributed by atoms with Crippen LogP contribution >= 0.6 is 23.2 Å². The van der Waals surface area contributed by atoms with Crippen LogP contribution in [0.15, 0.2) is 71.5 Å². The van der Waals surface area contributed by atoms with E-state index in [1.165, 1.54) is 0 Å². The monoisotopic (exact) mass is 494 g/mol. The van der Waals surface area contributed by atoms with Crippen LogP contribution in [0, 0.1) is 6.92 Å². The number of para-hydroxylation sites is 2. The predicted molar refractivity (Wildman–Crippen MR) is 138 cm³/mol. The van der Waals surface area contributed by atoms with Crippen LogP contribution in [0.1, 0.15) is 31.3 Å². The largest absolute Gasteiger partial charge is 0.322 e. The molecule has 0 spiro atoms. The van der Waals surface area contributed by atoms with Crippen molar-refractivity contribution in [3.8, 4) is 5.69 Å². The summed E-state index contributed by atoms with van der Waals surface area (Å²) in [5, 5.41) is 3.96. The van der Waals surface area contributed by atoms with Gasteiger partial charge in [0.1, 0.15) is 5.82 Å². The molecule has 1 N–H and O–H groups in total. The van der Waals surface area contributed by atoms with E-state index in [1.807, 2.05) is 57.2 Å². The zero-order valence-electron chi connectivity index (χ0n) is 19.0. The molecule has 3 aromatic carbocycles. The van der Waals surface area contributed by atoms with Crippen LogP contribution in [0.2, 0.25) is 10.0 Å². The normalized spacial score (nSPS) is 11.9. The molecule has 1 heterocycles. The van der Waals surface area contributed by atoms with E-state index in [4.69, 9.17) is 28.2 Å². The Morgan fingerprint density at radius 1 is 1.06 bits per heavy atom. The molecular weight excluding hydrogens is 471 g/mol. The zero-order valence-corrected chi connectivity index (χ0v) is 20.6. The van der Waals surface area contributed by atoms with Crippen molar-refractivity contribution in [3.63, 3.8) is 0 Å². The number of nitrogens with one attached hydrogen (secondary N) is 1. The molecule has 174 valence electrons. The van der Waals surface area contributed by atoms with Crippen molar-refractivity contribution in [2.75, 3.05) is 11.9 Å². The Hall–Kier alpha value is -3.35. The van der Waals surface area contributed by atoms with Gasteiger partial charge in [0.2, 0.25) is 0 Å². The molecule has 0 aliphatic carbocycles. The molecule has 1 atom stereocenters. The van der Waals surface area contributed by atoms with Crippen LogP contribution in [0.3, 0.4) is 0 Å². The molecule has 2 amide bonds. The number of amides is 2. The predicted octanol–water partition coefficient (Wildman–Crippen LogP) is 6.62. The van der Waals surface area contributed by atoms with Crippen molar-refractivity contribution >= 4 is 45.8 Å². The number of hydrogen-bond acceptors (Lipinski definition) is 3. The molecule has 0 bridgehead atoms. The molecule has 4 rings (SSSR count). The third-order valence-electron chi connectivity index (χ3n) is 5.79. The number of aromatic nitrogens is 2. The Labute approximate surface area is 207 Å². The van der Waals surface area contributed by atoms with Crippen molar-refractivity contribution in [2.45, 2.75) is 26.8 Å². The van der Waals surface area contributed by atoms with Crippen molar-refractivity contribution in [3.05, 3.63) is 98.5 Å². The topological polar surface area (TPSA) is 67.2 Å². The molecule has 34 heavy (non-hydrogen) atoms. The Morgan fingerprint density at radius 2 is 1.76 bits per heavy atom. The van der Waals surface area contributed by atoms with Crippen LogP contribution in [0.25, 0.3) is 16.6 Å². The molecule has 0 aliphatic heterocycles. The first-order valence-electron chi connectivity index (χ1n) is 10.9. The van der Waals surface area contributed by atoms with Crippen LogP contribution in [-0.2, 0) is 0 Å². The summed E-state index contributed by atoms with van der Waals surface area (Å²) in [7, 11) is 0. The molecular formula is C26H24Cl2N4O2. The van der Waals surface area contributed by atoms with E-state index in [2.05, 4.69) is 5.32 Å². The van der Waals surface area contributed by atoms with E-state index in [9.17, 15) is 9.59 Å². The number of carbonyl (C=O) groups is 1. The average molecular weight is 495 g/mol. The maximum absolute atomic E-state index is 13.6. The third-order valence-corrected chi connectivity index (χ3v) is 6.61. The van der Waals surface area contributed by atoms with E-state index in [-0.39, 0.29) is 16.6 Å². The van der Waals surface area contributed by atoms with Gasteiger partial charge >= 0.3 is 6.03 Å². The van der Waals surface area contributed by atoms with Crippen LogP contribution in [0.5, 0.6) is 0 Å². The van der Waals surface area contributed by atoms with Gasteiger partial charge in [0.25, 0.3) is 5.56 Å². The van der Waals surface area contributed by atoms with E-state index in [1.54, 1.807) is 39.8 Å². The molecule has 8 heteroatoms. The number of rotatable bonds is 5. The minimum absolute atomic E-state index is 0.184. The number of halogens is 2. The van der Waals surface area contributed by atoms with Crippen LogP contribution in [-0.4, -0.2) is 27.0 Å². The Balaban J connectivity index is 1.83. The van der Waals surface area contributed by atoms with Crippen molar-refractivity contribution in [1.29, 1.82) is 0 Å². The summed E-state index contributed by atoms with van der Waals surface area (Å²) in [6.45, 7) is 6.04. The van der Waals surface area contributed by atoms with Crippen molar-refractivity contribution in [1.82, 2.24) is 14.5 Å². The summed E-state index contributed by atoms with van der Waals surface area (Å²) >= 11 is 12.4. The highest BCUT2D eigenvalue weighted by Gasteiger charge is 2.27. The highest BCUT2D eigenvalue weighted by Crippen LogP contribution is 2.31. The van der Waals surface area contributed by atoms with E-state index in [0.717, 1.165) is 11.3 Å². The zero-order chi connectivity index (χ0) is 24.4. The molecule has 1 unspecified atom stereocenters. The number of hydrogen-bond donors (Lipinski definition) is 1. The average Bonchev–Trinajstić information content (AvgIpc) is 2.83. The van der Waals surface area contributed by atoms with E-state index < -0.39 is 6.04 Å². The summed E-state index contributed by atoms with van der Waals surface area (Å²) < 4.78 is 1.60. The molecule has 1 aromatic heterocycles. The Bertz CT molecular complexity index is 1430. The lowest BCUT2D eigenvalue weighted by Crippen LogP contribution is -2.39. The lowest BCUT2D eigenvalue weighted by molar-refractivity contribution is 0.193. The Kier molecular flexibility index (Phi) is 6.91. The summed E-state index contributed by atoms with van der Waals surface area (Å²) in [5.74, 6) is 0.465. The first-order chi connectivity index (χ1) is 16.3. The lowest BCUT2D eigenvalue weighted by atomic mass is 10.1. The van der Waals surface area contributed by atoms with Gasteiger partial charge < -0.3 is 10.2 Å². The maximum Gasteiger partial charge on any atom is 0.322 e. The van der Waals surface area contributed by atoms with Gasteiger partial charge in [0.15, 0.2) is 0 Å². The molecule has 0 fully saturated rings. The van der Waals surface area contributed by atoms with Crippen molar-refractivity contribution in [2.24, 2.45) is 0 Å². The van der Waals surface area contributed by atoms with Crippen molar-refractivity contribution < 1.29 is 4.79 Å². The smallest absolute Gasteiger partial charge is 0.315 e. The maximum atomic E-state index is 13.6. The number of fused-ring (bicyclic) bond motifs is 1. The van der Waals surface area contributed by atoms with Gasteiger partial charge in [-0.2, -0.15) is 0 Å². The minimum atomic E-state index is -0.528. The van der Waals surface area contributed by atoms with Gasteiger partial charge in [-0.05, 0) is 56.7 Å². The van der Waals surface area contributed by atoms with E-state index >= 15 is 0 Å². The summed E-state index contributed by atoms with van der Waals surface area (Å²) in [6, 6.07) is 19.0. The van der Waals surface area contributed by atoms with Gasteiger partial charge in [-0.25, -0.2) is 9.78 Å². The lowest BCUT2D eigenvalue weighted by Gasteiger charge is -2.30. The highest BCUT2D eigenvalue weighted by atomic mass is 35.5. The summed E-state index contributed by atoms with van der Waals surface area (Å²) in [4.78, 5) is 33.4. The fraction of sp³-hybridized carbons (Fsp3) is 0.192. The van der Waals surface area contributed by atoms with Gasteiger partial charge in [-0.3, -0.25) is 9.36 Å². The SMILES string of the molecule is CCN(C(=O)Nc1cccc(Cl)c1Cl)C(C)c1nc2ccccc2c(=O)n1-c1ccccc1C. The van der Waals surface area contributed by atoms with Gasteiger partial charge in [0, 0.05) is 6.54 Å². The number of aryl methyl sites for hydroxylation is 1. The second-order valence-corrected chi connectivity index (χ2v) is 8.69. The number of anilines is 1. The number of nitrogens with zero attached hydrogens (tertiary/aromatic N) is 3. The molecule has 0 saturated heterocycles. The van der Waals surface area contributed by atoms with Crippen LogP contribution < -0.4 is 10.9 Å². The molecule has 0 radical (unpaired) electrons. The first kappa shape index (κ1) is 23.8. The Morgan fingerprint density at radius 3 is 2.50 bits per heavy atom. The summed E-state index contributed by atoms with van der Waals surface area (Å²) in [5.41, 5.74) is 2.45. The highest BCUT2D eigenvalue weighted by molar-refractivity contribution is 6.43.